The summed E-state index contributed by atoms with van der Waals surface area (Å²) < 4.78 is 11.9. The van der Waals surface area contributed by atoms with E-state index in [1.165, 1.54) is 11.1 Å². The minimum Gasteiger partial charge on any atom is -0.490 e. The highest BCUT2D eigenvalue weighted by atomic mass is 16.5. The van der Waals surface area contributed by atoms with E-state index in [-0.39, 0.29) is 18.2 Å². The first-order valence-electron chi connectivity index (χ1n) is 11.6. The Morgan fingerprint density at radius 3 is 2.91 bits per heavy atom. The third-order valence-electron chi connectivity index (χ3n) is 6.35. The molecule has 0 spiro atoms. The van der Waals surface area contributed by atoms with Crippen molar-refractivity contribution in [2.24, 2.45) is 9.98 Å². The summed E-state index contributed by atoms with van der Waals surface area (Å²) in [6.45, 7) is 11.6. The third-order valence-corrected chi connectivity index (χ3v) is 6.35. The van der Waals surface area contributed by atoms with E-state index in [4.69, 9.17) is 19.5 Å². The molecule has 1 aliphatic carbocycles. The largest absolute Gasteiger partial charge is 0.490 e. The van der Waals surface area contributed by atoms with Crippen molar-refractivity contribution in [2.45, 2.75) is 51.9 Å². The third kappa shape index (κ3) is 3.68. The molecule has 2 aromatic carbocycles. The smallest absolute Gasteiger partial charge is 0.182 e. The van der Waals surface area contributed by atoms with E-state index in [1.807, 2.05) is 32.0 Å². The highest BCUT2D eigenvalue weighted by molar-refractivity contribution is 6.17. The molecular weight excluding hydrogens is 412 g/mol. The Morgan fingerprint density at radius 2 is 2.15 bits per heavy atom. The number of nitriles is 1. The van der Waals surface area contributed by atoms with Gasteiger partial charge in [-0.25, -0.2) is 4.99 Å². The topological polar surface area (TPSA) is 70.2 Å². The number of aliphatic imine (C=N–C) groups is 2. The van der Waals surface area contributed by atoms with Crippen LogP contribution in [0.4, 0.5) is 0 Å². The normalized spacial score (nSPS) is 20.8. The molecule has 0 N–H and O–H groups in total. The van der Waals surface area contributed by atoms with Crippen LogP contribution < -0.4 is 4.74 Å². The minimum atomic E-state index is 0.00998. The molecule has 2 heterocycles. The molecule has 2 atom stereocenters. The summed E-state index contributed by atoms with van der Waals surface area (Å²) >= 11 is 0. The van der Waals surface area contributed by atoms with Crippen LogP contribution in [-0.2, 0) is 11.2 Å². The first-order chi connectivity index (χ1) is 16.0. The highest BCUT2D eigenvalue weighted by Gasteiger charge is 2.45. The summed E-state index contributed by atoms with van der Waals surface area (Å²) in [5.74, 6) is 2.13. The lowest BCUT2D eigenvalue weighted by atomic mass is 10.0. The highest BCUT2D eigenvalue weighted by Crippen LogP contribution is 2.46. The molecule has 0 bridgehead atoms. The van der Waals surface area contributed by atoms with Gasteiger partial charge in [-0.1, -0.05) is 25.1 Å². The quantitative estimate of drug-likeness (QED) is 0.649. The van der Waals surface area contributed by atoms with Gasteiger partial charge in [-0.05, 0) is 61.7 Å². The molecule has 6 heteroatoms. The lowest BCUT2D eigenvalue weighted by molar-refractivity contribution is 0.158. The molecule has 6 nitrogen and oxygen atoms in total. The van der Waals surface area contributed by atoms with Gasteiger partial charge in [0.1, 0.15) is 17.9 Å². The van der Waals surface area contributed by atoms with E-state index >= 15 is 0 Å². The van der Waals surface area contributed by atoms with Crippen molar-refractivity contribution in [3.63, 3.8) is 0 Å². The van der Waals surface area contributed by atoms with Crippen LogP contribution >= 0.6 is 0 Å². The summed E-state index contributed by atoms with van der Waals surface area (Å²) in [7, 11) is 0. The number of fused-ring (bicyclic) bond motifs is 3. The average Bonchev–Trinajstić information content (AvgIpc) is 3.49. The maximum Gasteiger partial charge on any atom is 0.182 e. The molecule has 0 unspecified atom stereocenters. The summed E-state index contributed by atoms with van der Waals surface area (Å²) in [4.78, 5) is 11.9. The van der Waals surface area contributed by atoms with Gasteiger partial charge >= 0.3 is 0 Å². The Bertz CT molecular complexity index is 1220. The van der Waals surface area contributed by atoms with Crippen LogP contribution in [0.15, 0.2) is 58.8 Å². The molecule has 0 amide bonds. The van der Waals surface area contributed by atoms with Gasteiger partial charge in [-0.2, -0.15) is 5.26 Å². The van der Waals surface area contributed by atoms with Crippen LogP contribution in [-0.4, -0.2) is 41.7 Å². The second-order valence-corrected chi connectivity index (χ2v) is 8.95. The van der Waals surface area contributed by atoms with Gasteiger partial charge in [0.15, 0.2) is 11.7 Å². The Morgan fingerprint density at radius 1 is 1.30 bits per heavy atom. The molecule has 33 heavy (non-hydrogen) atoms. The molecule has 2 aromatic rings. The Kier molecular flexibility index (Phi) is 5.41. The van der Waals surface area contributed by atoms with E-state index in [9.17, 15) is 5.26 Å². The molecule has 0 radical (unpaired) electrons. The monoisotopic (exact) mass is 440 g/mol. The summed E-state index contributed by atoms with van der Waals surface area (Å²) in [5.41, 5.74) is 5.91. The number of rotatable bonds is 6. The van der Waals surface area contributed by atoms with Crippen LogP contribution in [0.25, 0.3) is 0 Å². The van der Waals surface area contributed by atoms with E-state index in [0.29, 0.717) is 17.9 Å². The maximum atomic E-state index is 9.57. The van der Waals surface area contributed by atoms with Crippen molar-refractivity contribution in [1.82, 2.24) is 4.90 Å². The number of ether oxygens (including phenoxy) is 2. The van der Waals surface area contributed by atoms with Gasteiger partial charge in [0.2, 0.25) is 0 Å². The lowest BCUT2D eigenvalue weighted by Gasteiger charge is -2.23. The van der Waals surface area contributed by atoms with Crippen molar-refractivity contribution in [3.8, 4) is 11.8 Å². The SMILES string of the molecule is C=C1O[C@@H]2Cc3c(C4=NCC(c5ccc(OC(C)C)c(C#N)c5)=N4)cccc3[C@@H]2N1CCC. The predicted molar refractivity (Wildman–Crippen MR) is 129 cm³/mol. The van der Waals surface area contributed by atoms with Gasteiger partial charge in [0.25, 0.3) is 0 Å². The molecule has 0 aromatic heterocycles. The van der Waals surface area contributed by atoms with Crippen molar-refractivity contribution in [3.05, 3.63) is 76.7 Å². The fourth-order valence-corrected chi connectivity index (χ4v) is 5.01. The van der Waals surface area contributed by atoms with Gasteiger partial charge in [-0.3, -0.25) is 4.99 Å². The first-order valence-corrected chi connectivity index (χ1v) is 11.6. The van der Waals surface area contributed by atoms with Gasteiger partial charge < -0.3 is 14.4 Å². The van der Waals surface area contributed by atoms with Gasteiger partial charge in [0.05, 0.1) is 30.0 Å². The summed E-state index contributed by atoms with van der Waals surface area (Å²) in [6, 6.07) is 14.5. The van der Waals surface area contributed by atoms with Crippen molar-refractivity contribution in [1.29, 1.82) is 5.26 Å². The summed E-state index contributed by atoms with van der Waals surface area (Å²) in [5, 5.41) is 9.57. The van der Waals surface area contributed by atoms with Crippen molar-refractivity contribution < 1.29 is 9.47 Å². The van der Waals surface area contributed by atoms with Crippen molar-refractivity contribution in [2.75, 3.05) is 13.1 Å². The van der Waals surface area contributed by atoms with E-state index in [1.54, 1.807) is 0 Å². The fourth-order valence-electron chi connectivity index (χ4n) is 5.01. The van der Waals surface area contributed by atoms with Crippen LogP contribution in [0.1, 0.15) is 61.1 Å². The van der Waals surface area contributed by atoms with E-state index in [0.717, 1.165) is 47.9 Å². The van der Waals surface area contributed by atoms with Gasteiger partial charge in [0, 0.05) is 18.5 Å². The fraction of sp³-hybridized carbons (Fsp3) is 0.370. The number of nitrogens with zero attached hydrogens (tertiary/aromatic N) is 4. The zero-order valence-corrected chi connectivity index (χ0v) is 19.3. The van der Waals surface area contributed by atoms with E-state index in [2.05, 4.69) is 42.7 Å². The van der Waals surface area contributed by atoms with Gasteiger partial charge in [-0.15, -0.1) is 0 Å². The first kappa shape index (κ1) is 21.3. The van der Waals surface area contributed by atoms with Crippen molar-refractivity contribution >= 4 is 11.5 Å². The lowest BCUT2D eigenvalue weighted by Crippen LogP contribution is -2.24. The second-order valence-electron chi connectivity index (χ2n) is 8.95. The molecule has 5 rings (SSSR count). The van der Waals surface area contributed by atoms with Crippen LogP contribution in [0.3, 0.4) is 0 Å². The summed E-state index contributed by atoms with van der Waals surface area (Å²) in [6.07, 6.45) is 1.99. The minimum absolute atomic E-state index is 0.00998. The number of benzene rings is 2. The zero-order valence-electron chi connectivity index (χ0n) is 19.3. The average molecular weight is 441 g/mol. The zero-order chi connectivity index (χ0) is 23.1. The van der Waals surface area contributed by atoms with Crippen LogP contribution in [0, 0.1) is 11.3 Å². The molecule has 1 saturated heterocycles. The molecule has 2 aliphatic heterocycles. The number of amidine groups is 1. The molecule has 168 valence electrons. The van der Waals surface area contributed by atoms with Crippen LogP contribution in [0.5, 0.6) is 5.75 Å². The molecule has 0 saturated carbocycles. The van der Waals surface area contributed by atoms with Crippen LogP contribution in [0.2, 0.25) is 0 Å². The predicted octanol–water partition coefficient (Wildman–Crippen LogP) is 4.77. The van der Waals surface area contributed by atoms with E-state index < -0.39 is 0 Å². The molecular formula is C27H28N4O2. The molecule has 1 fully saturated rings. The Hall–Kier alpha value is -3.59. The Balaban J connectivity index is 1.44. The second kappa shape index (κ2) is 8.40. The Labute approximate surface area is 194 Å². The molecule has 3 aliphatic rings. The number of hydrogen-bond donors (Lipinski definition) is 0. The number of hydrogen-bond acceptors (Lipinski definition) is 6. The standard InChI is InChI=1S/C27H28N4O2/c1-5-11-31-17(4)33-25-13-22-20(26(25)31)7-6-8-21(22)27-29-15-23(30-27)18-9-10-24(32-16(2)3)19(12-18)14-28/h6-10,12,16,25-26H,4-5,11,13,15H2,1-3H3/t25-,26+/m1/s1. The maximum absolute atomic E-state index is 9.57.